The van der Waals surface area contributed by atoms with Crippen LogP contribution < -0.4 is 19.6 Å². The molecule has 6 nitrogen and oxygen atoms in total. The first-order valence-electron chi connectivity index (χ1n) is 8.03. The number of carbonyl (C=O) groups is 1. The van der Waals surface area contributed by atoms with Crippen molar-refractivity contribution in [1.29, 1.82) is 0 Å². The number of hydrogen-bond donors (Lipinski definition) is 1. The average molecular weight is 342 g/mol. The third-order valence-electron chi connectivity index (χ3n) is 3.17. The van der Waals surface area contributed by atoms with Gasteiger partial charge in [0, 0.05) is 6.07 Å². The Kier molecular flexibility index (Phi) is 7.31. The van der Waals surface area contributed by atoms with Crippen LogP contribution in [0, 0.1) is 0 Å². The van der Waals surface area contributed by atoms with Gasteiger partial charge in [0.1, 0.15) is 17.2 Å². The maximum absolute atomic E-state index is 11.7. The molecule has 25 heavy (non-hydrogen) atoms. The molecule has 0 aromatic heterocycles. The smallest absolute Gasteiger partial charge is 0.277 e. The summed E-state index contributed by atoms with van der Waals surface area (Å²) in [5.41, 5.74) is 3.28. The van der Waals surface area contributed by atoms with Gasteiger partial charge in [-0.15, -0.1) is 0 Å². The molecule has 1 amide bonds. The minimum Gasteiger partial charge on any atom is -0.497 e. The number of amides is 1. The lowest BCUT2D eigenvalue weighted by Crippen LogP contribution is -2.24. The van der Waals surface area contributed by atoms with Crippen LogP contribution in [0.25, 0.3) is 0 Å². The number of ether oxygens (including phenoxy) is 3. The lowest BCUT2D eigenvalue weighted by atomic mass is 10.2. The van der Waals surface area contributed by atoms with Crippen LogP contribution in [0.4, 0.5) is 0 Å². The number of rotatable bonds is 9. The summed E-state index contributed by atoms with van der Waals surface area (Å²) >= 11 is 0. The summed E-state index contributed by atoms with van der Waals surface area (Å²) in [6.45, 7) is 2.62. The highest BCUT2D eigenvalue weighted by Crippen LogP contribution is 2.18. The maximum Gasteiger partial charge on any atom is 0.277 e. The Balaban J connectivity index is 1.76. The van der Waals surface area contributed by atoms with Gasteiger partial charge in [-0.1, -0.05) is 13.0 Å². The molecule has 1 N–H and O–H groups in total. The van der Waals surface area contributed by atoms with Crippen LogP contribution in [0.5, 0.6) is 17.2 Å². The van der Waals surface area contributed by atoms with E-state index in [0.717, 1.165) is 17.7 Å². The summed E-state index contributed by atoms with van der Waals surface area (Å²) in [6, 6.07) is 14.5. The molecular formula is C19H22N2O4. The van der Waals surface area contributed by atoms with E-state index in [0.29, 0.717) is 18.1 Å². The van der Waals surface area contributed by atoms with Gasteiger partial charge in [0.25, 0.3) is 5.91 Å². The molecule has 0 bridgehead atoms. The van der Waals surface area contributed by atoms with E-state index < -0.39 is 0 Å². The van der Waals surface area contributed by atoms with Crippen molar-refractivity contribution in [2.75, 3.05) is 20.3 Å². The third-order valence-corrected chi connectivity index (χ3v) is 3.17. The van der Waals surface area contributed by atoms with E-state index in [9.17, 15) is 4.79 Å². The highest BCUT2D eigenvalue weighted by molar-refractivity contribution is 5.83. The zero-order chi connectivity index (χ0) is 17.9. The SMILES string of the molecule is CCCOc1ccc(/C=N/NC(=O)COc2cccc(OC)c2)cc1. The summed E-state index contributed by atoms with van der Waals surface area (Å²) in [6.07, 6.45) is 2.53. The molecule has 0 fully saturated rings. The Labute approximate surface area is 147 Å². The molecule has 6 heteroatoms. The number of nitrogens with one attached hydrogen (secondary N) is 1. The van der Waals surface area contributed by atoms with Gasteiger partial charge in [-0.3, -0.25) is 4.79 Å². The molecule has 0 aliphatic carbocycles. The first-order chi connectivity index (χ1) is 12.2. The number of benzene rings is 2. The largest absolute Gasteiger partial charge is 0.497 e. The highest BCUT2D eigenvalue weighted by atomic mass is 16.5. The van der Waals surface area contributed by atoms with Crippen molar-refractivity contribution in [2.45, 2.75) is 13.3 Å². The summed E-state index contributed by atoms with van der Waals surface area (Å²) in [4.78, 5) is 11.7. The summed E-state index contributed by atoms with van der Waals surface area (Å²) in [5, 5.41) is 3.91. The molecule has 0 spiro atoms. The van der Waals surface area contributed by atoms with E-state index in [2.05, 4.69) is 17.5 Å². The number of hydrazone groups is 1. The fourth-order valence-corrected chi connectivity index (χ4v) is 1.92. The van der Waals surface area contributed by atoms with Crippen LogP contribution in [-0.2, 0) is 4.79 Å². The first kappa shape index (κ1) is 18.3. The van der Waals surface area contributed by atoms with Gasteiger partial charge >= 0.3 is 0 Å². The Morgan fingerprint density at radius 3 is 2.56 bits per heavy atom. The third kappa shape index (κ3) is 6.55. The molecule has 0 saturated heterocycles. The minimum atomic E-state index is -0.345. The van der Waals surface area contributed by atoms with Gasteiger partial charge < -0.3 is 14.2 Å². The molecule has 0 atom stereocenters. The van der Waals surface area contributed by atoms with Crippen molar-refractivity contribution in [3.05, 3.63) is 54.1 Å². The standard InChI is InChI=1S/C19H22N2O4/c1-3-11-24-16-9-7-15(8-10-16)13-20-21-19(22)14-25-18-6-4-5-17(12-18)23-2/h4-10,12-13H,3,11,14H2,1-2H3,(H,21,22)/b20-13+. The summed E-state index contributed by atoms with van der Waals surface area (Å²) in [7, 11) is 1.57. The quantitative estimate of drug-likeness (QED) is 0.562. The van der Waals surface area contributed by atoms with Crippen LogP contribution in [0.15, 0.2) is 53.6 Å². The van der Waals surface area contributed by atoms with Crippen molar-refractivity contribution in [1.82, 2.24) is 5.43 Å². The molecule has 2 rings (SSSR count). The van der Waals surface area contributed by atoms with E-state index in [-0.39, 0.29) is 12.5 Å². The second kappa shape index (κ2) is 9.97. The van der Waals surface area contributed by atoms with Crippen LogP contribution >= 0.6 is 0 Å². The Morgan fingerprint density at radius 1 is 1.08 bits per heavy atom. The maximum atomic E-state index is 11.7. The van der Waals surface area contributed by atoms with E-state index in [1.165, 1.54) is 0 Å². The average Bonchev–Trinajstić information content (AvgIpc) is 2.66. The fraction of sp³-hybridized carbons (Fsp3) is 0.263. The zero-order valence-corrected chi connectivity index (χ0v) is 14.4. The van der Waals surface area contributed by atoms with Crippen LogP contribution in [0.2, 0.25) is 0 Å². The van der Waals surface area contributed by atoms with Gasteiger partial charge in [-0.05, 0) is 48.4 Å². The van der Waals surface area contributed by atoms with Crippen LogP contribution in [-0.4, -0.2) is 32.4 Å². The fourth-order valence-electron chi connectivity index (χ4n) is 1.92. The normalized spacial score (nSPS) is 10.5. The molecule has 0 unspecified atom stereocenters. The number of methoxy groups -OCH3 is 1. The predicted octanol–water partition coefficient (Wildman–Crippen LogP) is 3.01. The van der Waals surface area contributed by atoms with Gasteiger partial charge in [-0.25, -0.2) is 5.43 Å². The van der Waals surface area contributed by atoms with E-state index in [4.69, 9.17) is 14.2 Å². The summed E-state index contributed by atoms with van der Waals surface area (Å²) in [5.74, 6) is 1.69. The minimum absolute atomic E-state index is 0.131. The topological polar surface area (TPSA) is 69.2 Å². The second-order valence-corrected chi connectivity index (χ2v) is 5.18. The van der Waals surface area contributed by atoms with Crippen molar-refractivity contribution in [2.24, 2.45) is 5.10 Å². The lowest BCUT2D eigenvalue weighted by Gasteiger charge is -2.06. The van der Waals surface area contributed by atoms with E-state index in [1.54, 1.807) is 37.6 Å². The van der Waals surface area contributed by atoms with Gasteiger partial charge in [0.2, 0.25) is 0 Å². The lowest BCUT2D eigenvalue weighted by molar-refractivity contribution is -0.123. The van der Waals surface area contributed by atoms with Crippen molar-refractivity contribution in [3.63, 3.8) is 0 Å². The van der Waals surface area contributed by atoms with E-state index in [1.807, 2.05) is 24.3 Å². The highest BCUT2D eigenvalue weighted by Gasteiger charge is 2.02. The molecule has 0 saturated carbocycles. The van der Waals surface area contributed by atoms with Gasteiger partial charge in [0.05, 0.1) is 19.9 Å². The Morgan fingerprint density at radius 2 is 1.84 bits per heavy atom. The molecule has 0 aliphatic heterocycles. The van der Waals surface area contributed by atoms with Crippen LogP contribution in [0.1, 0.15) is 18.9 Å². The molecule has 2 aromatic carbocycles. The molecular weight excluding hydrogens is 320 g/mol. The predicted molar refractivity (Wildman–Crippen MR) is 96.5 cm³/mol. The monoisotopic (exact) mass is 342 g/mol. The molecule has 132 valence electrons. The molecule has 0 radical (unpaired) electrons. The molecule has 0 heterocycles. The van der Waals surface area contributed by atoms with Gasteiger partial charge in [-0.2, -0.15) is 5.10 Å². The van der Waals surface area contributed by atoms with E-state index >= 15 is 0 Å². The first-order valence-corrected chi connectivity index (χ1v) is 8.03. The zero-order valence-electron chi connectivity index (χ0n) is 14.4. The number of carbonyl (C=O) groups excluding carboxylic acids is 1. The Hall–Kier alpha value is -3.02. The van der Waals surface area contributed by atoms with Gasteiger partial charge in [0.15, 0.2) is 6.61 Å². The summed E-state index contributed by atoms with van der Waals surface area (Å²) < 4.78 is 16.0. The number of hydrogen-bond acceptors (Lipinski definition) is 5. The molecule has 0 aliphatic rings. The van der Waals surface area contributed by atoms with Crippen molar-refractivity contribution < 1.29 is 19.0 Å². The van der Waals surface area contributed by atoms with Crippen molar-refractivity contribution >= 4 is 12.1 Å². The second-order valence-electron chi connectivity index (χ2n) is 5.18. The van der Waals surface area contributed by atoms with Crippen LogP contribution in [0.3, 0.4) is 0 Å². The van der Waals surface area contributed by atoms with Crippen molar-refractivity contribution in [3.8, 4) is 17.2 Å². The Bertz CT molecular complexity index is 699. The number of nitrogens with zero attached hydrogens (tertiary/aromatic N) is 1. The molecule has 2 aromatic rings.